The highest BCUT2D eigenvalue weighted by Gasteiger charge is 2.07. The molecule has 88 valence electrons. The van der Waals surface area contributed by atoms with Crippen LogP contribution in [-0.4, -0.2) is 5.21 Å². The van der Waals surface area contributed by atoms with Crippen LogP contribution in [-0.2, 0) is 6.54 Å². The summed E-state index contributed by atoms with van der Waals surface area (Å²) in [6, 6.07) is 14.0. The summed E-state index contributed by atoms with van der Waals surface area (Å²) < 4.78 is 12.9. The highest BCUT2D eigenvalue weighted by molar-refractivity contribution is 5.51. The Kier molecular flexibility index (Phi) is 3.40. The maximum absolute atomic E-state index is 12.9. The van der Waals surface area contributed by atoms with Crippen molar-refractivity contribution in [2.45, 2.75) is 13.5 Å². The van der Waals surface area contributed by atoms with Crippen molar-refractivity contribution in [2.75, 3.05) is 5.06 Å². The quantitative estimate of drug-likeness (QED) is 0.817. The van der Waals surface area contributed by atoms with Gasteiger partial charge in [0.25, 0.3) is 0 Å². The van der Waals surface area contributed by atoms with Gasteiger partial charge in [-0.15, -0.1) is 0 Å². The van der Waals surface area contributed by atoms with Crippen molar-refractivity contribution in [3.05, 3.63) is 65.5 Å². The van der Waals surface area contributed by atoms with Gasteiger partial charge in [0.1, 0.15) is 5.82 Å². The van der Waals surface area contributed by atoms with Gasteiger partial charge in [0.15, 0.2) is 0 Å². The number of aryl methyl sites for hydroxylation is 1. The molecule has 3 heteroatoms. The number of halogens is 1. The molecule has 0 saturated carbocycles. The molecular formula is C14H14FNO. The lowest BCUT2D eigenvalue weighted by atomic mass is 10.1. The number of benzene rings is 2. The van der Waals surface area contributed by atoms with Crippen molar-refractivity contribution in [1.82, 2.24) is 0 Å². The molecule has 0 aromatic heterocycles. The second-order valence-corrected chi connectivity index (χ2v) is 3.97. The van der Waals surface area contributed by atoms with Crippen molar-refractivity contribution < 1.29 is 9.60 Å². The van der Waals surface area contributed by atoms with Gasteiger partial charge < -0.3 is 0 Å². The van der Waals surface area contributed by atoms with Gasteiger partial charge in [-0.2, -0.15) is 0 Å². The van der Waals surface area contributed by atoms with Crippen molar-refractivity contribution in [1.29, 1.82) is 0 Å². The number of nitrogens with zero attached hydrogens (tertiary/aromatic N) is 1. The second-order valence-electron chi connectivity index (χ2n) is 3.97. The summed E-state index contributed by atoms with van der Waals surface area (Å²) in [7, 11) is 0. The van der Waals surface area contributed by atoms with E-state index < -0.39 is 0 Å². The summed E-state index contributed by atoms with van der Waals surface area (Å²) in [5.74, 6) is -0.292. The third-order valence-corrected chi connectivity index (χ3v) is 2.61. The molecule has 17 heavy (non-hydrogen) atoms. The molecule has 1 N–H and O–H groups in total. The van der Waals surface area contributed by atoms with Gasteiger partial charge in [-0.3, -0.25) is 10.3 Å². The number of hydrogen-bond donors (Lipinski definition) is 1. The molecule has 0 aliphatic heterocycles. The van der Waals surface area contributed by atoms with Crippen LogP contribution in [0.25, 0.3) is 0 Å². The molecule has 0 fully saturated rings. The van der Waals surface area contributed by atoms with E-state index in [1.807, 2.05) is 30.3 Å². The molecule has 0 saturated heterocycles. The van der Waals surface area contributed by atoms with E-state index in [-0.39, 0.29) is 5.82 Å². The van der Waals surface area contributed by atoms with E-state index in [2.05, 4.69) is 0 Å². The summed E-state index contributed by atoms with van der Waals surface area (Å²) in [6.45, 7) is 2.15. The van der Waals surface area contributed by atoms with Crippen molar-refractivity contribution >= 4 is 5.69 Å². The Balaban J connectivity index is 2.17. The fourth-order valence-corrected chi connectivity index (χ4v) is 1.75. The molecule has 0 aliphatic rings. The van der Waals surface area contributed by atoms with Crippen LogP contribution in [0.3, 0.4) is 0 Å². The summed E-state index contributed by atoms with van der Waals surface area (Å²) in [5.41, 5.74) is 2.33. The molecule has 0 amide bonds. The van der Waals surface area contributed by atoms with Crippen molar-refractivity contribution in [2.24, 2.45) is 0 Å². The lowest BCUT2D eigenvalue weighted by Crippen LogP contribution is -2.18. The van der Waals surface area contributed by atoms with Gasteiger partial charge in [-0.1, -0.05) is 30.3 Å². The third-order valence-electron chi connectivity index (χ3n) is 2.61. The van der Waals surface area contributed by atoms with Gasteiger partial charge in [0.05, 0.1) is 12.2 Å². The maximum atomic E-state index is 12.9. The maximum Gasteiger partial charge on any atom is 0.123 e. The average Bonchev–Trinajstić information content (AvgIpc) is 2.30. The van der Waals surface area contributed by atoms with E-state index in [0.717, 1.165) is 10.6 Å². The first-order chi connectivity index (χ1) is 8.16. The van der Waals surface area contributed by atoms with E-state index in [9.17, 15) is 9.60 Å². The first-order valence-electron chi connectivity index (χ1n) is 5.43. The van der Waals surface area contributed by atoms with Crippen LogP contribution < -0.4 is 5.06 Å². The Hall–Kier alpha value is -1.87. The standard InChI is InChI=1S/C14H14FNO/c1-11-9-13(15)7-8-14(11)16(17)10-12-5-3-2-4-6-12/h2-9,17H,10H2,1H3. The Morgan fingerprint density at radius 3 is 2.47 bits per heavy atom. The van der Waals surface area contributed by atoms with E-state index in [1.54, 1.807) is 13.0 Å². The topological polar surface area (TPSA) is 23.5 Å². The Morgan fingerprint density at radius 2 is 1.82 bits per heavy atom. The zero-order chi connectivity index (χ0) is 12.3. The number of hydrogen-bond acceptors (Lipinski definition) is 2. The predicted molar refractivity (Wildman–Crippen MR) is 65.5 cm³/mol. The van der Waals surface area contributed by atoms with E-state index in [4.69, 9.17) is 0 Å². The van der Waals surface area contributed by atoms with Crippen LogP contribution in [0.1, 0.15) is 11.1 Å². The van der Waals surface area contributed by atoms with Gasteiger partial charge in [0, 0.05) is 0 Å². The van der Waals surface area contributed by atoms with E-state index >= 15 is 0 Å². The van der Waals surface area contributed by atoms with Crippen LogP contribution in [0, 0.1) is 12.7 Å². The normalized spacial score (nSPS) is 10.3. The molecule has 2 aromatic rings. The minimum atomic E-state index is -0.292. The Bertz CT molecular complexity index is 499. The molecule has 0 heterocycles. The third kappa shape index (κ3) is 2.82. The zero-order valence-corrected chi connectivity index (χ0v) is 9.60. The molecule has 2 nitrogen and oxygen atoms in total. The van der Waals surface area contributed by atoms with Crippen LogP contribution in [0.2, 0.25) is 0 Å². The van der Waals surface area contributed by atoms with Crippen LogP contribution >= 0.6 is 0 Å². The number of anilines is 1. The molecule has 0 spiro atoms. The predicted octanol–water partition coefficient (Wildman–Crippen LogP) is 3.53. The molecule has 0 unspecified atom stereocenters. The van der Waals surface area contributed by atoms with Crippen LogP contribution in [0.5, 0.6) is 0 Å². The molecule has 0 bridgehead atoms. The van der Waals surface area contributed by atoms with Crippen LogP contribution in [0.4, 0.5) is 10.1 Å². The largest absolute Gasteiger partial charge is 0.288 e. The Labute approximate surface area is 99.9 Å². The summed E-state index contributed by atoms with van der Waals surface area (Å²) in [6.07, 6.45) is 0. The van der Waals surface area contributed by atoms with E-state index in [0.29, 0.717) is 17.8 Å². The van der Waals surface area contributed by atoms with E-state index in [1.165, 1.54) is 12.1 Å². The fraction of sp³-hybridized carbons (Fsp3) is 0.143. The minimum Gasteiger partial charge on any atom is -0.288 e. The average molecular weight is 231 g/mol. The lowest BCUT2D eigenvalue weighted by Gasteiger charge is -2.19. The molecular weight excluding hydrogens is 217 g/mol. The number of hydroxylamine groups is 1. The van der Waals surface area contributed by atoms with Gasteiger partial charge in [-0.05, 0) is 36.2 Å². The number of rotatable bonds is 3. The first-order valence-corrected chi connectivity index (χ1v) is 5.43. The monoisotopic (exact) mass is 231 g/mol. The van der Waals surface area contributed by atoms with Crippen molar-refractivity contribution in [3.8, 4) is 0 Å². The molecule has 0 radical (unpaired) electrons. The smallest absolute Gasteiger partial charge is 0.123 e. The van der Waals surface area contributed by atoms with Gasteiger partial charge in [-0.25, -0.2) is 4.39 Å². The summed E-state index contributed by atoms with van der Waals surface area (Å²) >= 11 is 0. The highest BCUT2D eigenvalue weighted by atomic mass is 19.1. The van der Waals surface area contributed by atoms with Gasteiger partial charge >= 0.3 is 0 Å². The Morgan fingerprint density at radius 1 is 1.12 bits per heavy atom. The first kappa shape index (κ1) is 11.6. The van der Waals surface area contributed by atoms with Crippen molar-refractivity contribution in [3.63, 3.8) is 0 Å². The molecule has 0 atom stereocenters. The van der Waals surface area contributed by atoms with Crippen LogP contribution in [0.15, 0.2) is 48.5 Å². The second kappa shape index (κ2) is 4.97. The lowest BCUT2D eigenvalue weighted by molar-refractivity contribution is 0.249. The summed E-state index contributed by atoms with van der Waals surface area (Å²) in [5, 5.41) is 11.1. The highest BCUT2D eigenvalue weighted by Crippen LogP contribution is 2.21. The zero-order valence-electron chi connectivity index (χ0n) is 9.60. The molecule has 0 aliphatic carbocycles. The minimum absolute atomic E-state index is 0.292. The SMILES string of the molecule is Cc1cc(F)ccc1N(O)Cc1ccccc1. The molecule has 2 aromatic carbocycles. The van der Waals surface area contributed by atoms with Gasteiger partial charge in [0.2, 0.25) is 0 Å². The molecule has 2 rings (SSSR count). The fourth-order valence-electron chi connectivity index (χ4n) is 1.75. The summed E-state index contributed by atoms with van der Waals surface area (Å²) in [4.78, 5) is 0.